The van der Waals surface area contributed by atoms with E-state index in [1.807, 2.05) is 13.8 Å². The van der Waals surface area contributed by atoms with E-state index in [0.717, 1.165) is 22.2 Å². The van der Waals surface area contributed by atoms with Crippen molar-refractivity contribution in [2.45, 2.75) is 31.7 Å². The predicted octanol–water partition coefficient (Wildman–Crippen LogP) is 3.32. The standard InChI is InChI=1S/C24H21N3O4S.2H2/c1-24(2)18-10-14(23(29)26-15-7-8-32(30,31)12-15)4-6-16(18)21(28)20-17-5-3-13(11-25)9-19(17)27-22(20)24;;/h3-6,9-10,15,27H,7-8,12H2,1-2H3,(H,26,29);2*1H. The van der Waals surface area contributed by atoms with E-state index in [9.17, 15) is 23.3 Å². The van der Waals surface area contributed by atoms with Gasteiger partial charge < -0.3 is 10.3 Å². The van der Waals surface area contributed by atoms with Crippen molar-refractivity contribution < 1.29 is 20.9 Å². The van der Waals surface area contributed by atoms with Gasteiger partial charge in [-0.1, -0.05) is 19.9 Å². The molecule has 7 nitrogen and oxygen atoms in total. The van der Waals surface area contributed by atoms with Gasteiger partial charge in [0.25, 0.3) is 5.91 Å². The number of ketones is 1. The van der Waals surface area contributed by atoms with Gasteiger partial charge in [-0.15, -0.1) is 0 Å². The largest absolute Gasteiger partial charge is 0.357 e. The topological polar surface area (TPSA) is 120 Å². The zero-order valence-corrected chi connectivity index (χ0v) is 18.5. The maximum atomic E-state index is 13.4. The SMILES string of the molecule is CC1(C)c2cc(C(=O)NC3CCS(=O)(=O)C3)ccc2C(=O)c2c1[nH]c1cc(C#N)ccc21.[HH].[HH]. The number of hydrogen-bond acceptors (Lipinski definition) is 5. The van der Waals surface area contributed by atoms with Gasteiger partial charge >= 0.3 is 0 Å². The molecule has 2 aromatic carbocycles. The fraction of sp³-hybridized carbons (Fsp3) is 0.292. The van der Waals surface area contributed by atoms with Gasteiger partial charge in [-0.2, -0.15) is 5.26 Å². The van der Waals surface area contributed by atoms with Gasteiger partial charge in [-0.05, 0) is 42.3 Å². The Labute approximate surface area is 188 Å². The Bertz CT molecular complexity index is 1490. The molecule has 3 aromatic rings. The fourth-order valence-electron chi connectivity index (χ4n) is 4.82. The average Bonchev–Trinajstić information content (AvgIpc) is 3.31. The lowest BCUT2D eigenvalue weighted by Crippen LogP contribution is -2.36. The minimum Gasteiger partial charge on any atom is -0.357 e. The quantitative estimate of drug-likeness (QED) is 0.619. The van der Waals surface area contributed by atoms with Crippen LogP contribution in [0.4, 0.5) is 0 Å². The smallest absolute Gasteiger partial charge is 0.251 e. The summed E-state index contributed by atoms with van der Waals surface area (Å²) in [7, 11) is -3.10. The second kappa shape index (κ2) is 6.78. The number of fused-ring (bicyclic) bond motifs is 4. The van der Waals surface area contributed by atoms with Crippen LogP contribution in [0.2, 0.25) is 0 Å². The lowest BCUT2D eigenvalue weighted by molar-refractivity contribution is 0.0939. The molecule has 1 amide bonds. The molecule has 0 saturated carbocycles. The molecule has 166 valence electrons. The van der Waals surface area contributed by atoms with Crippen molar-refractivity contribution in [1.29, 1.82) is 5.26 Å². The number of benzene rings is 2. The third-order valence-electron chi connectivity index (χ3n) is 6.55. The highest BCUT2D eigenvalue weighted by Gasteiger charge is 2.40. The molecule has 2 heterocycles. The Morgan fingerprint density at radius 3 is 2.72 bits per heavy atom. The van der Waals surface area contributed by atoms with Crippen LogP contribution in [0.15, 0.2) is 36.4 Å². The van der Waals surface area contributed by atoms with E-state index in [-0.39, 0.29) is 26.0 Å². The highest BCUT2D eigenvalue weighted by Crippen LogP contribution is 2.44. The minimum atomic E-state index is -3.10. The van der Waals surface area contributed by atoms with Crippen LogP contribution < -0.4 is 5.32 Å². The molecule has 1 aliphatic heterocycles. The number of amides is 1. The molecule has 0 radical (unpaired) electrons. The third-order valence-corrected chi connectivity index (χ3v) is 8.32. The molecule has 1 atom stereocenters. The monoisotopic (exact) mass is 451 g/mol. The van der Waals surface area contributed by atoms with E-state index in [1.54, 1.807) is 36.4 Å². The van der Waals surface area contributed by atoms with Crippen LogP contribution in [-0.2, 0) is 15.3 Å². The highest BCUT2D eigenvalue weighted by molar-refractivity contribution is 7.91. The molecule has 8 heteroatoms. The first-order valence-corrected chi connectivity index (χ1v) is 12.2. The van der Waals surface area contributed by atoms with Gasteiger partial charge in [0.15, 0.2) is 15.6 Å². The Balaban J connectivity index is 0.00000162. The van der Waals surface area contributed by atoms with E-state index in [4.69, 9.17) is 0 Å². The zero-order chi connectivity index (χ0) is 22.8. The van der Waals surface area contributed by atoms with Gasteiger partial charge in [-0.3, -0.25) is 9.59 Å². The van der Waals surface area contributed by atoms with Crippen molar-refractivity contribution in [2.75, 3.05) is 11.5 Å². The van der Waals surface area contributed by atoms with E-state index in [2.05, 4.69) is 16.4 Å². The predicted molar refractivity (Wildman–Crippen MR) is 124 cm³/mol. The first-order chi connectivity index (χ1) is 15.1. The molecule has 2 N–H and O–H groups in total. The Morgan fingerprint density at radius 2 is 2.03 bits per heavy atom. The third kappa shape index (κ3) is 3.04. The first-order valence-electron chi connectivity index (χ1n) is 10.4. The maximum Gasteiger partial charge on any atom is 0.251 e. The number of aromatic nitrogens is 1. The summed E-state index contributed by atoms with van der Waals surface area (Å²) < 4.78 is 23.4. The summed E-state index contributed by atoms with van der Waals surface area (Å²) >= 11 is 0. The van der Waals surface area contributed by atoms with Crippen molar-refractivity contribution in [1.82, 2.24) is 10.3 Å². The second-order valence-electron chi connectivity index (χ2n) is 9.04. The van der Waals surface area contributed by atoms with Gasteiger partial charge in [-0.25, -0.2) is 8.42 Å². The van der Waals surface area contributed by atoms with Crippen molar-refractivity contribution in [3.63, 3.8) is 0 Å². The molecular formula is C24H25N3O4S. The summed E-state index contributed by atoms with van der Waals surface area (Å²) in [5.41, 5.74) is 3.64. The Kier molecular flexibility index (Phi) is 4.33. The van der Waals surface area contributed by atoms with Crippen LogP contribution in [0.1, 0.15) is 66.2 Å². The maximum absolute atomic E-state index is 13.4. The van der Waals surface area contributed by atoms with E-state index in [0.29, 0.717) is 28.7 Å². The van der Waals surface area contributed by atoms with Crippen molar-refractivity contribution in [2.24, 2.45) is 0 Å². The molecule has 2 aliphatic rings. The van der Waals surface area contributed by atoms with E-state index < -0.39 is 21.3 Å². The van der Waals surface area contributed by atoms with Gasteiger partial charge in [0.05, 0.1) is 28.7 Å². The van der Waals surface area contributed by atoms with Gasteiger partial charge in [0.2, 0.25) is 0 Å². The van der Waals surface area contributed by atoms with Crippen molar-refractivity contribution >= 4 is 32.4 Å². The van der Waals surface area contributed by atoms with Crippen LogP contribution in [-0.4, -0.2) is 42.6 Å². The van der Waals surface area contributed by atoms with E-state index in [1.165, 1.54) is 0 Å². The van der Waals surface area contributed by atoms with Crippen molar-refractivity contribution in [3.8, 4) is 6.07 Å². The fourth-order valence-corrected chi connectivity index (χ4v) is 6.49. The summed E-state index contributed by atoms with van der Waals surface area (Å²) in [6.45, 7) is 3.98. The number of nitrogens with zero attached hydrogens (tertiary/aromatic N) is 1. The number of hydrogen-bond donors (Lipinski definition) is 2. The first kappa shape index (κ1) is 20.5. The molecule has 1 saturated heterocycles. The lowest BCUT2D eigenvalue weighted by Gasteiger charge is -2.32. The zero-order valence-electron chi connectivity index (χ0n) is 17.7. The molecular weight excluding hydrogens is 426 g/mol. The summed E-state index contributed by atoms with van der Waals surface area (Å²) in [6, 6.07) is 11.9. The molecule has 1 aliphatic carbocycles. The van der Waals surface area contributed by atoms with E-state index >= 15 is 0 Å². The lowest BCUT2D eigenvalue weighted by atomic mass is 9.71. The number of H-pyrrole nitrogens is 1. The summed E-state index contributed by atoms with van der Waals surface area (Å²) in [4.78, 5) is 29.6. The number of aromatic amines is 1. The number of rotatable bonds is 2. The number of nitrogens with one attached hydrogen (secondary N) is 2. The molecule has 1 unspecified atom stereocenters. The van der Waals surface area contributed by atoms with Crippen LogP contribution in [0.25, 0.3) is 10.9 Å². The molecule has 0 bridgehead atoms. The number of carbonyl (C=O) groups excluding carboxylic acids is 2. The number of sulfone groups is 1. The van der Waals surface area contributed by atoms with Crippen LogP contribution in [0.3, 0.4) is 0 Å². The highest BCUT2D eigenvalue weighted by atomic mass is 32.2. The average molecular weight is 452 g/mol. The number of nitriles is 1. The molecule has 0 spiro atoms. The van der Waals surface area contributed by atoms with Gasteiger partial charge in [0, 0.05) is 42.0 Å². The van der Waals surface area contributed by atoms with Crippen LogP contribution >= 0.6 is 0 Å². The minimum absolute atomic E-state index is 0. The second-order valence-corrected chi connectivity index (χ2v) is 11.3. The number of carbonyl (C=O) groups is 2. The van der Waals surface area contributed by atoms with Crippen molar-refractivity contribution in [3.05, 3.63) is 69.9 Å². The molecule has 32 heavy (non-hydrogen) atoms. The summed E-state index contributed by atoms with van der Waals surface area (Å²) in [5, 5.41) is 12.8. The van der Waals surface area contributed by atoms with Crippen LogP contribution in [0.5, 0.6) is 0 Å². The molecule has 5 rings (SSSR count). The Morgan fingerprint density at radius 1 is 1.25 bits per heavy atom. The van der Waals surface area contributed by atoms with Crippen LogP contribution in [0, 0.1) is 11.3 Å². The molecule has 1 aromatic heterocycles. The molecule has 1 fully saturated rings. The van der Waals surface area contributed by atoms with Gasteiger partial charge in [0.1, 0.15) is 0 Å². The summed E-state index contributed by atoms with van der Waals surface area (Å²) in [5.74, 6) is -0.435. The normalized spacial score (nSPS) is 20.4. The summed E-state index contributed by atoms with van der Waals surface area (Å²) in [6.07, 6.45) is 0.409. The Hall–Kier alpha value is -3.44.